The third kappa shape index (κ3) is 4.02. The van der Waals surface area contributed by atoms with Gasteiger partial charge in [0.15, 0.2) is 0 Å². The van der Waals surface area contributed by atoms with E-state index in [0.717, 1.165) is 16.9 Å². The van der Waals surface area contributed by atoms with Crippen LogP contribution in [0.4, 0.5) is 0 Å². The van der Waals surface area contributed by atoms with Crippen LogP contribution in [-0.2, 0) is 0 Å². The third-order valence-corrected chi connectivity index (χ3v) is 3.05. The molecule has 0 aliphatic carbocycles. The van der Waals surface area contributed by atoms with Gasteiger partial charge in [-0.25, -0.2) is 0 Å². The summed E-state index contributed by atoms with van der Waals surface area (Å²) in [7, 11) is 1.70. The SMILES string of the molecule is COc1c(C)cccc1C.Cc1cccc(C)c1O. The molecule has 2 aromatic carbocycles. The Morgan fingerprint density at radius 3 is 1.37 bits per heavy atom. The number of hydrogen-bond acceptors (Lipinski definition) is 2. The predicted molar refractivity (Wildman–Crippen MR) is 80.0 cm³/mol. The molecule has 0 aliphatic heterocycles. The highest BCUT2D eigenvalue weighted by Gasteiger charge is 1.98. The van der Waals surface area contributed by atoms with Crippen molar-refractivity contribution in [3.8, 4) is 11.5 Å². The molecule has 1 N–H and O–H groups in total. The first-order valence-corrected chi connectivity index (χ1v) is 6.32. The molecule has 0 amide bonds. The summed E-state index contributed by atoms with van der Waals surface area (Å²) in [6.07, 6.45) is 0. The molecule has 0 radical (unpaired) electrons. The van der Waals surface area contributed by atoms with Gasteiger partial charge >= 0.3 is 0 Å². The average molecular weight is 258 g/mol. The molecule has 0 spiro atoms. The van der Waals surface area contributed by atoms with Gasteiger partial charge in [-0.2, -0.15) is 0 Å². The fraction of sp³-hybridized carbons (Fsp3) is 0.294. The van der Waals surface area contributed by atoms with Crippen LogP contribution in [0, 0.1) is 27.7 Å². The number of phenolic OH excluding ortho intramolecular Hbond substituents is 1. The van der Waals surface area contributed by atoms with Gasteiger partial charge < -0.3 is 9.84 Å². The van der Waals surface area contributed by atoms with Gasteiger partial charge in [0, 0.05) is 0 Å². The van der Waals surface area contributed by atoms with E-state index in [1.807, 2.05) is 64.1 Å². The molecule has 0 unspecified atom stereocenters. The molecule has 0 saturated carbocycles. The van der Waals surface area contributed by atoms with E-state index in [0.29, 0.717) is 5.75 Å². The summed E-state index contributed by atoms with van der Waals surface area (Å²) in [6.45, 7) is 7.88. The van der Waals surface area contributed by atoms with Gasteiger partial charge in [0.25, 0.3) is 0 Å². The van der Waals surface area contributed by atoms with Crippen molar-refractivity contribution >= 4 is 0 Å². The monoisotopic (exact) mass is 258 g/mol. The Balaban J connectivity index is 0.000000191. The van der Waals surface area contributed by atoms with Crippen LogP contribution in [0.1, 0.15) is 22.3 Å². The van der Waals surface area contributed by atoms with Crippen molar-refractivity contribution in [2.75, 3.05) is 7.11 Å². The number of aryl methyl sites for hydroxylation is 4. The largest absolute Gasteiger partial charge is 0.507 e. The first-order chi connectivity index (χ1) is 8.97. The van der Waals surface area contributed by atoms with Crippen LogP contribution in [0.3, 0.4) is 0 Å². The first kappa shape index (κ1) is 15.1. The first-order valence-electron chi connectivity index (χ1n) is 6.32. The number of ether oxygens (including phenoxy) is 1. The fourth-order valence-electron chi connectivity index (χ4n) is 1.93. The van der Waals surface area contributed by atoms with E-state index >= 15 is 0 Å². The summed E-state index contributed by atoms with van der Waals surface area (Å²) < 4.78 is 5.18. The van der Waals surface area contributed by atoms with Crippen molar-refractivity contribution in [3.05, 3.63) is 58.7 Å². The lowest BCUT2D eigenvalue weighted by Gasteiger charge is -2.06. The zero-order chi connectivity index (χ0) is 14.4. The van der Waals surface area contributed by atoms with Gasteiger partial charge in [0.05, 0.1) is 7.11 Å². The molecule has 0 aliphatic rings. The number of para-hydroxylation sites is 2. The Bertz CT molecular complexity index is 504. The lowest BCUT2D eigenvalue weighted by atomic mass is 10.1. The molecule has 0 bridgehead atoms. The quantitative estimate of drug-likeness (QED) is 0.825. The van der Waals surface area contributed by atoms with Gasteiger partial charge in [-0.1, -0.05) is 36.4 Å². The maximum atomic E-state index is 9.21. The number of rotatable bonds is 1. The Morgan fingerprint density at radius 1 is 0.737 bits per heavy atom. The third-order valence-electron chi connectivity index (χ3n) is 3.05. The summed E-state index contributed by atoms with van der Waals surface area (Å²) >= 11 is 0. The Labute approximate surface area is 115 Å². The summed E-state index contributed by atoms with van der Waals surface area (Å²) in [5, 5.41) is 9.21. The van der Waals surface area contributed by atoms with Crippen molar-refractivity contribution in [2.24, 2.45) is 0 Å². The van der Waals surface area contributed by atoms with E-state index in [2.05, 4.69) is 0 Å². The van der Waals surface area contributed by atoms with Crippen LogP contribution in [0.5, 0.6) is 11.5 Å². The molecule has 0 fully saturated rings. The second kappa shape index (κ2) is 6.83. The molecular weight excluding hydrogens is 236 g/mol. The second-order valence-corrected chi connectivity index (χ2v) is 4.67. The molecule has 19 heavy (non-hydrogen) atoms. The standard InChI is InChI=1S/C9H12O.C8H10O/c1-7-5-4-6-8(2)9(7)10-3;1-6-4-3-5-7(2)8(6)9/h4-6H,1-3H3;3-5,9H,1-2H3. The number of methoxy groups -OCH3 is 1. The maximum absolute atomic E-state index is 9.21. The molecule has 2 nitrogen and oxygen atoms in total. The second-order valence-electron chi connectivity index (χ2n) is 4.67. The summed E-state index contributed by atoms with van der Waals surface area (Å²) in [5.41, 5.74) is 4.27. The summed E-state index contributed by atoms with van der Waals surface area (Å²) in [4.78, 5) is 0. The van der Waals surface area contributed by atoms with Crippen LogP contribution >= 0.6 is 0 Å². The number of hydrogen-bond donors (Lipinski definition) is 1. The molecule has 2 rings (SSSR count). The topological polar surface area (TPSA) is 29.5 Å². The van der Waals surface area contributed by atoms with Gasteiger partial charge in [-0.05, 0) is 49.9 Å². The van der Waals surface area contributed by atoms with Gasteiger partial charge in [0.1, 0.15) is 11.5 Å². The maximum Gasteiger partial charge on any atom is 0.124 e. The zero-order valence-electron chi connectivity index (χ0n) is 12.3. The van der Waals surface area contributed by atoms with E-state index in [9.17, 15) is 5.11 Å². The van der Waals surface area contributed by atoms with Crippen molar-refractivity contribution in [1.82, 2.24) is 0 Å². The number of phenols is 1. The molecule has 102 valence electrons. The Morgan fingerprint density at radius 2 is 1.11 bits per heavy atom. The highest BCUT2D eigenvalue weighted by Crippen LogP contribution is 2.21. The minimum atomic E-state index is 0.414. The van der Waals surface area contributed by atoms with Gasteiger partial charge in [-0.15, -0.1) is 0 Å². The molecule has 2 aromatic rings. The molecule has 0 atom stereocenters. The molecule has 0 saturated heterocycles. The smallest absolute Gasteiger partial charge is 0.124 e. The van der Waals surface area contributed by atoms with E-state index in [4.69, 9.17) is 4.74 Å². The van der Waals surface area contributed by atoms with Gasteiger partial charge in [-0.3, -0.25) is 0 Å². The van der Waals surface area contributed by atoms with Crippen LogP contribution < -0.4 is 4.74 Å². The summed E-state index contributed by atoms with van der Waals surface area (Å²) in [5.74, 6) is 1.42. The van der Waals surface area contributed by atoms with Gasteiger partial charge in [0.2, 0.25) is 0 Å². The van der Waals surface area contributed by atoms with Crippen molar-refractivity contribution in [2.45, 2.75) is 27.7 Å². The lowest BCUT2D eigenvalue weighted by Crippen LogP contribution is -1.89. The molecule has 2 heteroatoms. The minimum Gasteiger partial charge on any atom is -0.507 e. The highest BCUT2D eigenvalue weighted by molar-refractivity contribution is 5.39. The Kier molecular flexibility index (Phi) is 5.43. The minimum absolute atomic E-state index is 0.414. The van der Waals surface area contributed by atoms with Crippen molar-refractivity contribution in [3.63, 3.8) is 0 Å². The van der Waals surface area contributed by atoms with Crippen LogP contribution in [0.2, 0.25) is 0 Å². The van der Waals surface area contributed by atoms with Crippen LogP contribution in [-0.4, -0.2) is 12.2 Å². The Hall–Kier alpha value is -1.96. The normalized spacial score (nSPS) is 9.53. The number of benzene rings is 2. The van der Waals surface area contributed by atoms with E-state index < -0.39 is 0 Å². The predicted octanol–water partition coefficient (Wildman–Crippen LogP) is 4.32. The zero-order valence-corrected chi connectivity index (χ0v) is 12.3. The lowest BCUT2D eigenvalue weighted by molar-refractivity contribution is 0.408. The fourth-order valence-corrected chi connectivity index (χ4v) is 1.93. The molecule has 0 aromatic heterocycles. The highest BCUT2D eigenvalue weighted by atomic mass is 16.5. The summed E-state index contributed by atoms with van der Waals surface area (Å²) in [6, 6.07) is 11.8. The van der Waals surface area contributed by atoms with E-state index in [1.165, 1.54) is 11.1 Å². The van der Waals surface area contributed by atoms with Crippen LogP contribution in [0.15, 0.2) is 36.4 Å². The molecular formula is C17H22O2. The number of aromatic hydroxyl groups is 1. The molecule has 0 heterocycles. The van der Waals surface area contributed by atoms with Crippen molar-refractivity contribution < 1.29 is 9.84 Å². The average Bonchev–Trinajstić information content (AvgIpc) is 2.37. The van der Waals surface area contributed by atoms with Crippen molar-refractivity contribution in [1.29, 1.82) is 0 Å². The van der Waals surface area contributed by atoms with E-state index in [1.54, 1.807) is 7.11 Å². The van der Waals surface area contributed by atoms with Crippen LogP contribution in [0.25, 0.3) is 0 Å². The van der Waals surface area contributed by atoms with E-state index in [-0.39, 0.29) is 0 Å².